The summed E-state index contributed by atoms with van der Waals surface area (Å²) in [6, 6.07) is 3.78. The molecule has 0 radical (unpaired) electrons. The molecule has 2 aromatic rings. The van der Waals surface area contributed by atoms with Crippen LogP contribution in [0.5, 0.6) is 0 Å². The molecule has 0 aliphatic heterocycles. The van der Waals surface area contributed by atoms with E-state index < -0.39 is 0 Å². The fourth-order valence-electron chi connectivity index (χ4n) is 1.47. The minimum Gasteiger partial charge on any atom is -0.467 e. The molecule has 2 rings (SSSR count). The highest BCUT2D eigenvalue weighted by Crippen LogP contribution is 2.09. The maximum Gasteiger partial charge on any atom is 0.191 e. The molecular formula is C12H17N5OS. The highest BCUT2D eigenvalue weighted by Gasteiger charge is 2.04. The van der Waals surface area contributed by atoms with Crippen molar-refractivity contribution in [1.29, 1.82) is 0 Å². The molecule has 2 N–H and O–H groups in total. The van der Waals surface area contributed by atoms with Gasteiger partial charge in [-0.3, -0.25) is 4.99 Å². The van der Waals surface area contributed by atoms with Crippen molar-refractivity contribution in [3.8, 4) is 0 Å². The number of guanidine groups is 1. The summed E-state index contributed by atoms with van der Waals surface area (Å²) in [7, 11) is 1.73. The van der Waals surface area contributed by atoms with Gasteiger partial charge in [0.2, 0.25) is 0 Å². The molecule has 2 heterocycles. The Morgan fingerprint density at radius 2 is 2.11 bits per heavy atom. The van der Waals surface area contributed by atoms with Crippen molar-refractivity contribution < 1.29 is 4.42 Å². The molecule has 0 amide bonds. The summed E-state index contributed by atoms with van der Waals surface area (Å²) in [6.45, 7) is 3.29. The molecule has 0 aromatic carbocycles. The van der Waals surface area contributed by atoms with E-state index in [0.29, 0.717) is 19.0 Å². The van der Waals surface area contributed by atoms with Crippen LogP contribution < -0.4 is 10.6 Å². The van der Waals surface area contributed by atoms with E-state index in [1.54, 1.807) is 24.6 Å². The van der Waals surface area contributed by atoms with Gasteiger partial charge in [0.25, 0.3) is 0 Å². The molecule has 0 saturated heterocycles. The lowest BCUT2D eigenvalue weighted by Crippen LogP contribution is -2.36. The highest BCUT2D eigenvalue weighted by molar-refractivity contribution is 7.11. The van der Waals surface area contributed by atoms with Crippen LogP contribution in [0.2, 0.25) is 0 Å². The first-order valence-electron chi connectivity index (χ1n) is 6.10. The van der Waals surface area contributed by atoms with E-state index in [4.69, 9.17) is 4.42 Å². The van der Waals surface area contributed by atoms with Gasteiger partial charge in [-0.05, 0) is 18.6 Å². The Morgan fingerprint density at radius 1 is 1.32 bits per heavy atom. The van der Waals surface area contributed by atoms with Crippen molar-refractivity contribution in [3.63, 3.8) is 0 Å². The van der Waals surface area contributed by atoms with E-state index in [-0.39, 0.29) is 0 Å². The molecule has 102 valence electrons. The summed E-state index contributed by atoms with van der Waals surface area (Å²) in [6.07, 6.45) is 2.57. The Kier molecular flexibility index (Phi) is 4.91. The number of aliphatic imine (C=N–C) groups is 1. The summed E-state index contributed by atoms with van der Waals surface area (Å²) in [4.78, 5) is 4.14. The van der Waals surface area contributed by atoms with E-state index in [9.17, 15) is 0 Å². The van der Waals surface area contributed by atoms with E-state index in [1.165, 1.54) is 0 Å². The van der Waals surface area contributed by atoms with E-state index >= 15 is 0 Å². The number of nitrogens with one attached hydrogen (secondary N) is 2. The number of hydrogen-bond donors (Lipinski definition) is 2. The molecule has 0 atom stereocenters. The van der Waals surface area contributed by atoms with Gasteiger partial charge in [0.15, 0.2) is 5.96 Å². The Morgan fingerprint density at radius 3 is 2.74 bits per heavy atom. The number of hydrogen-bond acceptors (Lipinski definition) is 5. The van der Waals surface area contributed by atoms with Crippen LogP contribution >= 0.6 is 11.3 Å². The van der Waals surface area contributed by atoms with Crippen LogP contribution in [-0.4, -0.2) is 23.2 Å². The predicted octanol–water partition coefficient (Wildman–Crippen LogP) is 1.56. The molecule has 0 bridgehead atoms. The van der Waals surface area contributed by atoms with Crippen molar-refractivity contribution in [1.82, 2.24) is 20.8 Å². The van der Waals surface area contributed by atoms with Gasteiger partial charge >= 0.3 is 0 Å². The molecule has 0 fully saturated rings. The van der Waals surface area contributed by atoms with Gasteiger partial charge in [-0.25, -0.2) is 0 Å². The summed E-state index contributed by atoms with van der Waals surface area (Å²) in [5.41, 5.74) is 0. The lowest BCUT2D eigenvalue weighted by atomic mass is 10.4. The molecule has 2 aromatic heterocycles. The Balaban J connectivity index is 1.79. The quantitative estimate of drug-likeness (QED) is 0.641. The molecule has 0 spiro atoms. The predicted molar refractivity (Wildman–Crippen MR) is 75.0 cm³/mol. The Labute approximate surface area is 116 Å². The first-order chi connectivity index (χ1) is 9.31. The third kappa shape index (κ3) is 4.06. The zero-order valence-electron chi connectivity index (χ0n) is 11.0. The van der Waals surface area contributed by atoms with Gasteiger partial charge in [-0.15, -0.1) is 10.2 Å². The largest absolute Gasteiger partial charge is 0.467 e. The second-order valence-electron chi connectivity index (χ2n) is 3.80. The fourth-order valence-corrected chi connectivity index (χ4v) is 2.19. The smallest absolute Gasteiger partial charge is 0.191 e. The van der Waals surface area contributed by atoms with Crippen molar-refractivity contribution in [2.75, 3.05) is 7.05 Å². The van der Waals surface area contributed by atoms with Crippen molar-refractivity contribution >= 4 is 17.3 Å². The average molecular weight is 279 g/mol. The summed E-state index contributed by atoms with van der Waals surface area (Å²) in [5, 5.41) is 16.5. The van der Waals surface area contributed by atoms with Crippen LogP contribution in [0.15, 0.2) is 27.8 Å². The lowest BCUT2D eigenvalue weighted by molar-refractivity contribution is 0.501. The Hall–Kier alpha value is -1.89. The highest BCUT2D eigenvalue weighted by atomic mass is 32.1. The van der Waals surface area contributed by atoms with Gasteiger partial charge in [0, 0.05) is 7.05 Å². The molecule has 6 nitrogen and oxygen atoms in total. The first-order valence-corrected chi connectivity index (χ1v) is 6.91. The Bertz CT molecular complexity index is 520. The number of aryl methyl sites for hydroxylation is 1. The zero-order chi connectivity index (χ0) is 13.5. The summed E-state index contributed by atoms with van der Waals surface area (Å²) >= 11 is 1.62. The average Bonchev–Trinajstić information content (AvgIpc) is 3.10. The van der Waals surface area contributed by atoms with Gasteiger partial charge in [0.1, 0.15) is 15.8 Å². The van der Waals surface area contributed by atoms with Crippen LogP contribution in [0.1, 0.15) is 22.7 Å². The van der Waals surface area contributed by atoms with Crippen LogP contribution in [0.4, 0.5) is 0 Å². The molecule has 19 heavy (non-hydrogen) atoms. The maximum atomic E-state index is 5.24. The molecule has 0 aliphatic carbocycles. The molecule has 0 saturated carbocycles. The van der Waals surface area contributed by atoms with E-state index in [0.717, 1.165) is 22.2 Å². The molecule has 0 aliphatic rings. The topological polar surface area (TPSA) is 75.3 Å². The minimum atomic E-state index is 0.600. The number of rotatable bonds is 5. The number of nitrogens with zero attached hydrogens (tertiary/aromatic N) is 3. The summed E-state index contributed by atoms with van der Waals surface area (Å²) < 4.78 is 5.24. The van der Waals surface area contributed by atoms with E-state index in [2.05, 4.69) is 32.7 Å². The minimum absolute atomic E-state index is 0.600. The molecule has 0 unspecified atom stereocenters. The normalized spacial score (nSPS) is 11.6. The third-order valence-corrected chi connectivity index (χ3v) is 3.52. The number of aromatic nitrogens is 2. The lowest BCUT2D eigenvalue weighted by Gasteiger charge is -2.09. The van der Waals surface area contributed by atoms with E-state index in [1.807, 2.05) is 12.1 Å². The third-order valence-electron chi connectivity index (χ3n) is 2.45. The van der Waals surface area contributed by atoms with Crippen LogP contribution in [0.25, 0.3) is 0 Å². The zero-order valence-corrected chi connectivity index (χ0v) is 11.8. The van der Waals surface area contributed by atoms with Crippen molar-refractivity contribution in [2.24, 2.45) is 4.99 Å². The molecular weight excluding hydrogens is 262 g/mol. The monoisotopic (exact) mass is 279 g/mol. The van der Waals surface area contributed by atoms with Gasteiger partial charge in [-0.1, -0.05) is 18.3 Å². The van der Waals surface area contributed by atoms with Gasteiger partial charge in [0.05, 0.1) is 19.4 Å². The summed E-state index contributed by atoms with van der Waals surface area (Å²) in [5.74, 6) is 1.58. The van der Waals surface area contributed by atoms with Gasteiger partial charge in [-0.2, -0.15) is 0 Å². The van der Waals surface area contributed by atoms with Crippen LogP contribution in [-0.2, 0) is 19.5 Å². The maximum absolute atomic E-state index is 5.24. The van der Waals surface area contributed by atoms with Crippen LogP contribution in [0.3, 0.4) is 0 Å². The standard InChI is InChI=1S/C12H17N5OS/c1-3-10-16-17-11(19-10)8-15-12(13-2)14-7-9-5-4-6-18-9/h4-6H,3,7-8H2,1-2H3,(H2,13,14,15). The van der Waals surface area contributed by atoms with Crippen molar-refractivity contribution in [2.45, 2.75) is 26.4 Å². The van der Waals surface area contributed by atoms with Crippen LogP contribution in [0, 0.1) is 0 Å². The van der Waals surface area contributed by atoms with Gasteiger partial charge < -0.3 is 15.1 Å². The number of furan rings is 1. The molecule has 7 heteroatoms. The van der Waals surface area contributed by atoms with Crippen molar-refractivity contribution in [3.05, 3.63) is 34.2 Å². The second kappa shape index (κ2) is 6.89. The fraction of sp³-hybridized carbons (Fsp3) is 0.417. The second-order valence-corrected chi connectivity index (χ2v) is 4.95. The first kappa shape index (κ1) is 13.5. The SMILES string of the molecule is CCc1nnc(CNC(=NC)NCc2ccco2)s1.